The lowest BCUT2D eigenvalue weighted by molar-refractivity contribution is 0.604. The molecule has 1 aromatic rings. The van der Waals surface area contributed by atoms with Crippen LogP contribution in [0.2, 0.25) is 0 Å². The monoisotopic (exact) mass is 275 g/mol. The highest BCUT2D eigenvalue weighted by atomic mass is 127. The standard InChI is InChI=1S/C10H14IN/c1-9(12-8-7-11)10-5-3-2-4-6-10/h2-6,9,12H,7-8H2,1H3/t9-/m1/s1. The lowest BCUT2D eigenvalue weighted by Crippen LogP contribution is -2.20. The molecule has 0 radical (unpaired) electrons. The van der Waals surface area contributed by atoms with Crippen LogP contribution in [-0.4, -0.2) is 11.0 Å². The smallest absolute Gasteiger partial charge is 0.0292 e. The minimum absolute atomic E-state index is 0.473. The van der Waals surface area contributed by atoms with E-state index in [-0.39, 0.29) is 0 Å². The zero-order valence-corrected chi connectivity index (χ0v) is 9.41. The number of halogens is 1. The molecule has 66 valence electrons. The van der Waals surface area contributed by atoms with Gasteiger partial charge in [0.2, 0.25) is 0 Å². The van der Waals surface area contributed by atoms with E-state index in [1.165, 1.54) is 5.56 Å². The zero-order chi connectivity index (χ0) is 8.81. The molecule has 0 aliphatic carbocycles. The van der Waals surface area contributed by atoms with Gasteiger partial charge in [0.1, 0.15) is 0 Å². The first-order valence-corrected chi connectivity index (χ1v) is 5.71. The fourth-order valence-electron chi connectivity index (χ4n) is 1.13. The van der Waals surface area contributed by atoms with E-state index >= 15 is 0 Å². The lowest BCUT2D eigenvalue weighted by Gasteiger charge is -2.12. The summed E-state index contributed by atoms with van der Waals surface area (Å²) >= 11 is 2.38. The van der Waals surface area contributed by atoms with Crippen molar-refractivity contribution in [2.75, 3.05) is 11.0 Å². The van der Waals surface area contributed by atoms with Crippen molar-refractivity contribution in [1.29, 1.82) is 0 Å². The van der Waals surface area contributed by atoms with Gasteiger partial charge in [0.05, 0.1) is 0 Å². The van der Waals surface area contributed by atoms with E-state index < -0.39 is 0 Å². The minimum Gasteiger partial charge on any atom is -0.309 e. The van der Waals surface area contributed by atoms with E-state index in [0.717, 1.165) is 11.0 Å². The summed E-state index contributed by atoms with van der Waals surface area (Å²) < 4.78 is 1.16. The molecule has 1 nitrogen and oxygen atoms in total. The molecule has 0 heterocycles. The van der Waals surface area contributed by atoms with Gasteiger partial charge in [-0.3, -0.25) is 0 Å². The molecular weight excluding hydrogens is 261 g/mol. The van der Waals surface area contributed by atoms with Crippen molar-refractivity contribution in [3.63, 3.8) is 0 Å². The highest BCUT2D eigenvalue weighted by molar-refractivity contribution is 14.1. The normalized spacial score (nSPS) is 12.8. The molecule has 0 fully saturated rings. The number of nitrogens with one attached hydrogen (secondary N) is 1. The van der Waals surface area contributed by atoms with E-state index in [1.54, 1.807) is 0 Å². The van der Waals surface area contributed by atoms with Gasteiger partial charge < -0.3 is 5.32 Å². The molecule has 0 spiro atoms. The average Bonchev–Trinajstić information content (AvgIpc) is 2.15. The molecule has 2 heteroatoms. The fourth-order valence-corrected chi connectivity index (χ4v) is 1.44. The van der Waals surface area contributed by atoms with Gasteiger partial charge in [0, 0.05) is 17.0 Å². The predicted molar refractivity (Wildman–Crippen MR) is 61.7 cm³/mol. The number of rotatable bonds is 4. The van der Waals surface area contributed by atoms with Crippen molar-refractivity contribution in [1.82, 2.24) is 5.32 Å². The molecule has 0 amide bonds. The van der Waals surface area contributed by atoms with E-state index in [9.17, 15) is 0 Å². The first-order chi connectivity index (χ1) is 5.84. The van der Waals surface area contributed by atoms with Gasteiger partial charge in [-0.25, -0.2) is 0 Å². The highest BCUT2D eigenvalue weighted by Crippen LogP contribution is 2.10. The fraction of sp³-hybridized carbons (Fsp3) is 0.400. The summed E-state index contributed by atoms with van der Waals surface area (Å²) in [5.74, 6) is 0. The largest absolute Gasteiger partial charge is 0.309 e. The second-order valence-corrected chi connectivity index (χ2v) is 3.85. The van der Waals surface area contributed by atoms with Crippen LogP contribution in [-0.2, 0) is 0 Å². The molecule has 0 unspecified atom stereocenters. The van der Waals surface area contributed by atoms with Crippen molar-refractivity contribution < 1.29 is 0 Å². The van der Waals surface area contributed by atoms with Gasteiger partial charge in [-0.2, -0.15) is 0 Å². The third-order valence-corrected chi connectivity index (χ3v) is 2.38. The van der Waals surface area contributed by atoms with Crippen LogP contribution in [0.3, 0.4) is 0 Å². The van der Waals surface area contributed by atoms with Crippen molar-refractivity contribution in [2.45, 2.75) is 13.0 Å². The van der Waals surface area contributed by atoms with Crippen molar-refractivity contribution in [2.24, 2.45) is 0 Å². The third-order valence-electron chi connectivity index (χ3n) is 1.84. The first-order valence-electron chi connectivity index (χ1n) is 4.19. The highest BCUT2D eigenvalue weighted by Gasteiger charge is 2.01. The molecule has 0 aliphatic rings. The number of benzene rings is 1. The summed E-state index contributed by atoms with van der Waals surface area (Å²) in [7, 11) is 0. The Morgan fingerprint density at radius 3 is 2.58 bits per heavy atom. The molecule has 1 rings (SSSR count). The molecule has 1 aromatic carbocycles. The molecular formula is C10H14IN. The number of hydrogen-bond donors (Lipinski definition) is 1. The molecule has 0 bridgehead atoms. The summed E-state index contributed by atoms with van der Waals surface area (Å²) in [5.41, 5.74) is 1.36. The van der Waals surface area contributed by atoms with Gasteiger partial charge in [0.15, 0.2) is 0 Å². The quantitative estimate of drug-likeness (QED) is 0.658. The van der Waals surface area contributed by atoms with Crippen LogP contribution < -0.4 is 5.32 Å². The predicted octanol–water partition coefficient (Wildman–Crippen LogP) is 2.77. The Labute approximate surface area is 87.7 Å². The first kappa shape index (κ1) is 9.99. The number of alkyl halides is 1. The van der Waals surface area contributed by atoms with E-state index in [1.807, 2.05) is 0 Å². The SMILES string of the molecule is C[C@@H](NCCI)c1ccccc1. The topological polar surface area (TPSA) is 12.0 Å². The Bertz CT molecular complexity index is 210. The molecule has 1 atom stereocenters. The second-order valence-electron chi connectivity index (χ2n) is 2.78. The van der Waals surface area contributed by atoms with Crippen LogP contribution in [0.4, 0.5) is 0 Å². The van der Waals surface area contributed by atoms with Crippen molar-refractivity contribution in [3.8, 4) is 0 Å². The molecule has 1 N–H and O–H groups in total. The molecule has 0 saturated heterocycles. The van der Waals surface area contributed by atoms with E-state index in [4.69, 9.17) is 0 Å². The maximum atomic E-state index is 3.44. The summed E-state index contributed by atoms with van der Waals surface area (Å²) in [5, 5.41) is 3.44. The van der Waals surface area contributed by atoms with Crippen LogP contribution in [0.5, 0.6) is 0 Å². The average molecular weight is 275 g/mol. The molecule has 0 aromatic heterocycles. The third kappa shape index (κ3) is 3.11. The maximum Gasteiger partial charge on any atom is 0.0292 e. The summed E-state index contributed by atoms with van der Waals surface area (Å²) in [6, 6.07) is 11.0. The van der Waals surface area contributed by atoms with Crippen LogP contribution in [0.25, 0.3) is 0 Å². The second kappa shape index (κ2) is 5.54. The molecule has 0 aliphatic heterocycles. The van der Waals surface area contributed by atoms with Crippen LogP contribution in [0.1, 0.15) is 18.5 Å². The summed E-state index contributed by atoms with van der Waals surface area (Å²) in [6.07, 6.45) is 0. The van der Waals surface area contributed by atoms with Gasteiger partial charge in [-0.15, -0.1) is 0 Å². The van der Waals surface area contributed by atoms with E-state index in [0.29, 0.717) is 6.04 Å². The van der Waals surface area contributed by atoms with Gasteiger partial charge in [-0.05, 0) is 12.5 Å². The number of hydrogen-bond acceptors (Lipinski definition) is 1. The van der Waals surface area contributed by atoms with Crippen molar-refractivity contribution >= 4 is 22.6 Å². The van der Waals surface area contributed by atoms with Gasteiger partial charge >= 0.3 is 0 Å². The maximum absolute atomic E-state index is 3.44. The molecule has 0 saturated carbocycles. The Hall–Kier alpha value is -0.0900. The Balaban J connectivity index is 2.48. The van der Waals surface area contributed by atoms with E-state index in [2.05, 4.69) is 65.2 Å². The zero-order valence-electron chi connectivity index (χ0n) is 7.26. The summed E-state index contributed by atoms with van der Waals surface area (Å²) in [6.45, 7) is 3.28. The minimum atomic E-state index is 0.473. The Morgan fingerprint density at radius 1 is 1.33 bits per heavy atom. The molecule has 12 heavy (non-hydrogen) atoms. The lowest BCUT2D eigenvalue weighted by atomic mass is 10.1. The van der Waals surface area contributed by atoms with Gasteiger partial charge in [0.25, 0.3) is 0 Å². The van der Waals surface area contributed by atoms with Crippen LogP contribution in [0, 0.1) is 0 Å². The van der Waals surface area contributed by atoms with Gasteiger partial charge in [-0.1, -0.05) is 52.9 Å². The van der Waals surface area contributed by atoms with Crippen molar-refractivity contribution in [3.05, 3.63) is 35.9 Å². The van der Waals surface area contributed by atoms with Crippen LogP contribution in [0.15, 0.2) is 30.3 Å². The van der Waals surface area contributed by atoms with Crippen LogP contribution >= 0.6 is 22.6 Å². The Kier molecular flexibility index (Phi) is 4.61. The Morgan fingerprint density at radius 2 is 2.00 bits per heavy atom. The summed E-state index contributed by atoms with van der Waals surface area (Å²) in [4.78, 5) is 0.